The van der Waals surface area contributed by atoms with Crippen molar-refractivity contribution in [2.75, 3.05) is 5.32 Å². The summed E-state index contributed by atoms with van der Waals surface area (Å²) in [6.45, 7) is 0. The van der Waals surface area contributed by atoms with Crippen molar-refractivity contribution in [1.82, 2.24) is 0 Å². The van der Waals surface area contributed by atoms with E-state index in [-0.39, 0.29) is 5.75 Å². The van der Waals surface area contributed by atoms with Crippen molar-refractivity contribution in [3.63, 3.8) is 0 Å². The van der Waals surface area contributed by atoms with Crippen LogP contribution in [0.15, 0.2) is 103 Å². The molecule has 2 N–H and O–H groups in total. The van der Waals surface area contributed by atoms with Crippen molar-refractivity contribution in [2.45, 2.75) is 0 Å². The summed E-state index contributed by atoms with van der Waals surface area (Å²) in [4.78, 5) is 0. The van der Waals surface area contributed by atoms with Crippen LogP contribution >= 0.6 is 0 Å². The second-order valence-corrected chi connectivity index (χ2v) is 6.88. The zero-order valence-electron chi connectivity index (χ0n) is 15.3. The van der Waals surface area contributed by atoms with Crippen LogP contribution in [0.5, 0.6) is 5.75 Å². The summed E-state index contributed by atoms with van der Waals surface area (Å²) in [6, 6.07) is 34.7. The number of anilines is 2. The smallest absolute Gasteiger partial charge is 0.115 e. The highest BCUT2D eigenvalue weighted by Gasteiger charge is 2.15. The normalized spacial score (nSPS) is 11.0. The van der Waals surface area contributed by atoms with Gasteiger partial charge in [-0.05, 0) is 46.2 Å². The van der Waals surface area contributed by atoms with Crippen LogP contribution in [-0.2, 0) is 0 Å². The van der Waals surface area contributed by atoms with E-state index >= 15 is 0 Å². The van der Waals surface area contributed by atoms with Gasteiger partial charge in [-0.3, -0.25) is 0 Å². The Morgan fingerprint density at radius 1 is 0.500 bits per heavy atom. The highest BCUT2D eigenvalue weighted by Crippen LogP contribution is 2.42. The Labute approximate surface area is 163 Å². The average Bonchev–Trinajstić information content (AvgIpc) is 2.75. The van der Waals surface area contributed by atoms with E-state index in [9.17, 15) is 5.11 Å². The van der Waals surface area contributed by atoms with Crippen molar-refractivity contribution < 1.29 is 5.11 Å². The van der Waals surface area contributed by atoms with Crippen LogP contribution in [0.4, 0.5) is 11.4 Å². The summed E-state index contributed by atoms with van der Waals surface area (Å²) < 4.78 is 0. The Kier molecular flexibility index (Phi) is 3.95. The molecule has 0 spiro atoms. The van der Waals surface area contributed by atoms with E-state index in [0.29, 0.717) is 0 Å². The van der Waals surface area contributed by atoms with Crippen LogP contribution in [0.25, 0.3) is 32.7 Å². The topological polar surface area (TPSA) is 32.3 Å². The molecule has 0 aliphatic carbocycles. The Balaban J connectivity index is 1.87. The lowest BCUT2D eigenvalue weighted by Crippen LogP contribution is -1.95. The van der Waals surface area contributed by atoms with E-state index in [0.717, 1.165) is 16.9 Å². The minimum Gasteiger partial charge on any atom is -0.508 e. The number of rotatable bonds is 3. The van der Waals surface area contributed by atoms with E-state index < -0.39 is 0 Å². The predicted octanol–water partition coefficient (Wildman–Crippen LogP) is 7.11. The summed E-state index contributed by atoms with van der Waals surface area (Å²) in [5.74, 6) is 0.278. The zero-order chi connectivity index (χ0) is 18.9. The van der Waals surface area contributed by atoms with Gasteiger partial charge in [0.25, 0.3) is 0 Å². The van der Waals surface area contributed by atoms with Gasteiger partial charge in [-0.25, -0.2) is 0 Å². The van der Waals surface area contributed by atoms with Gasteiger partial charge in [0.1, 0.15) is 5.75 Å². The molecule has 0 fully saturated rings. The molecule has 0 radical (unpaired) electrons. The quantitative estimate of drug-likeness (QED) is 0.336. The third-order valence-corrected chi connectivity index (χ3v) is 5.13. The van der Waals surface area contributed by atoms with Gasteiger partial charge in [0.2, 0.25) is 0 Å². The number of aromatic hydroxyl groups is 1. The second kappa shape index (κ2) is 6.75. The van der Waals surface area contributed by atoms with Crippen molar-refractivity contribution in [3.05, 3.63) is 103 Å². The molecule has 0 saturated carbocycles. The van der Waals surface area contributed by atoms with Gasteiger partial charge in [-0.1, -0.05) is 78.9 Å². The standard InChI is InChI=1S/C26H19NO/c28-20-16-14-18(15-17-20)25-21-10-4-6-12-23(21)26(24-13-7-5-11-22(24)25)27-19-8-2-1-3-9-19/h1-17,27-28H. The van der Waals surface area contributed by atoms with E-state index in [1.165, 1.54) is 27.1 Å². The fourth-order valence-electron chi connectivity index (χ4n) is 3.87. The molecule has 5 aromatic carbocycles. The van der Waals surface area contributed by atoms with E-state index in [1.807, 2.05) is 30.3 Å². The lowest BCUT2D eigenvalue weighted by molar-refractivity contribution is 0.475. The van der Waals surface area contributed by atoms with Crippen LogP contribution in [-0.4, -0.2) is 5.11 Å². The number of phenolic OH excluding ortho intramolecular Hbond substituents is 1. The Morgan fingerprint density at radius 3 is 1.57 bits per heavy atom. The summed E-state index contributed by atoms with van der Waals surface area (Å²) >= 11 is 0. The van der Waals surface area contributed by atoms with Gasteiger partial charge in [-0.15, -0.1) is 0 Å². The molecule has 2 nitrogen and oxygen atoms in total. The average molecular weight is 361 g/mol. The number of benzene rings is 5. The number of hydrogen-bond donors (Lipinski definition) is 2. The Morgan fingerprint density at radius 2 is 1.00 bits per heavy atom. The Hall–Kier alpha value is -3.78. The van der Waals surface area contributed by atoms with Crippen molar-refractivity contribution in [2.24, 2.45) is 0 Å². The van der Waals surface area contributed by atoms with E-state index in [1.54, 1.807) is 12.1 Å². The van der Waals surface area contributed by atoms with Gasteiger partial charge in [0, 0.05) is 16.5 Å². The van der Waals surface area contributed by atoms with Crippen molar-refractivity contribution >= 4 is 32.9 Å². The lowest BCUT2D eigenvalue weighted by atomic mass is 9.90. The molecule has 0 heterocycles. The number of hydrogen-bond acceptors (Lipinski definition) is 2. The van der Waals surface area contributed by atoms with Crippen molar-refractivity contribution in [1.29, 1.82) is 0 Å². The molecule has 2 heteroatoms. The summed E-state index contributed by atoms with van der Waals surface area (Å²) in [6.07, 6.45) is 0. The minimum absolute atomic E-state index is 0.278. The molecule has 5 rings (SSSR count). The number of fused-ring (bicyclic) bond motifs is 2. The number of para-hydroxylation sites is 1. The van der Waals surface area contributed by atoms with E-state index in [4.69, 9.17) is 0 Å². The minimum atomic E-state index is 0.278. The van der Waals surface area contributed by atoms with Crippen LogP contribution in [0.1, 0.15) is 0 Å². The maximum absolute atomic E-state index is 9.73. The van der Waals surface area contributed by atoms with Crippen LogP contribution in [0, 0.1) is 0 Å². The highest BCUT2D eigenvalue weighted by atomic mass is 16.3. The summed E-state index contributed by atoms with van der Waals surface area (Å²) in [7, 11) is 0. The first kappa shape index (κ1) is 16.4. The SMILES string of the molecule is Oc1ccc(-c2c3ccccc3c(Nc3ccccc3)c3ccccc23)cc1. The maximum Gasteiger partial charge on any atom is 0.115 e. The zero-order valence-corrected chi connectivity index (χ0v) is 15.3. The largest absolute Gasteiger partial charge is 0.508 e. The van der Waals surface area contributed by atoms with Crippen LogP contribution in [0.2, 0.25) is 0 Å². The third kappa shape index (κ3) is 2.76. The molecular formula is C26H19NO. The molecule has 5 aromatic rings. The van der Waals surface area contributed by atoms with Gasteiger partial charge in [0.15, 0.2) is 0 Å². The molecule has 134 valence electrons. The van der Waals surface area contributed by atoms with E-state index in [2.05, 4.69) is 66.0 Å². The fourth-order valence-corrected chi connectivity index (χ4v) is 3.87. The van der Waals surface area contributed by atoms with Crippen molar-refractivity contribution in [3.8, 4) is 16.9 Å². The number of nitrogens with one attached hydrogen (secondary N) is 1. The van der Waals surface area contributed by atoms with Crippen LogP contribution < -0.4 is 5.32 Å². The fraction of sp³-hybridized carbons (Fsp3) is 0. The second-order valence-electron chi connectivity index (χ2n) is 6.88. The maximum atomic E-state index is 9.73. The first-order valence-electron chi connectivity index (χ1n) is 9.36. The molecule has 0 saturated heterocycles. The molecule has 0 aliphatic rings. The van der Waals surface area contributed by atoms with Gasteiger partial charge >= 0.3 is 0 Å². The number of phenols is 1. The molecule has 0 aliphatic heterocycles. The molecule has 0 amide bonds. The monoisotopic (exact) mass is 361 g/mol. The van der Waals surface area contributed by atoms with Gasteiger partial charge < -0.3 is 10.4 Å². The molecule has 28 heavy (non-hydrogen) atoms. The summed E-state index contributed by atoms with van der Waals surface area (Å²) in [5.41, 5.74) is 4.45. The van der Waals surface area contributed by atoms with Crippen LogP contribution in [0.3, 0.4) is 0 Å². The summed E-state index contributed by atoms with van der Waals surface area (Å²) in [5, 5.41) is 18.1. The van der Waals surface area contributed by atoms with Gasteiger partial charge in [0.05, 0.1) is 5.69 Å². The molecule has 0 aromatic heterocycles. The molecule has 0 atom stereocenters. The molecular weight excluding hydrogens is 342 g/mol. The molecule has 0 bridgehead atoms. The third-order valence-electron chi connectivity index (χ3n) is 5.13. The lowest BCUT2D eigenvalue weighted by Gasteiger charge is -2.18. The Bertz CT molecular complexity index is 1220. The molecule has 0 unspecified atom stereocenters. The first-order valence-corrected chi connectivity index (χ1v) is 9.36. The van der Waals surface area contributed by atoms with Gasteiger partial charge in [-0.2, -0.15) is 0 Å². The predicted molar refractivity (Wildman–Crippen MR) is 118 cm³/mol. The first-order chi connectivity index (χ1) is 13.8. The highest BCUT2D eigenvalue weighted by molar-refractivity contribution is 6.21.